The number of nitrogens with zero attached hydrogens (tertiary/aromatic N) is 2. The number of aromatic nitrogens is 1. The highest BCUT2D eigenvalue weighted by atomic mass is 16.5. The number of benzene rings is 2. The maximum absolute atomic E-state index is 5.94. The van der Waals surface area contributed by atoms with Crippen LogP contribution in [-0.4, -0.2) is 23.5 Å². The molecule has 8 rings (SSSR count). The van der Waals surface area contributed by atoms with Gasteiger partial charge in [0.1, 0.15) is 12.3 Å². The molecule has 0 fully saturated rings. The van der Waals surface area contributed by atoms with Gasteiger partial charge in [-0.3, -0.25) is 0 Å². The topological polar surface area (TPSA) is 34.5 Å². The Bertz CT molecular complexity index is 1100. The van der Waals surface area contributed by atoms with Crippen molar-refractivity contribution in [3.63, 3.8) is 0 Å². The number of hydrogen-bond donors (Lipinski definition) is 0. The molecule has 4 aliphatic carbocycles. The van der Waals surface area contributed by atoms with Crippen molar-refractivity contribution in [2.75, 3.05) is 6.61 Å². The van der Waals surface area contributed by atoms with Gasteiger partial charge in [-0.1, -0.05) is 50.2 Å². The summed E-state index contributed by atoms with van der Waals surface area (Å²) in [5.74, 6) is 1.19. The molecule has 3 aromatic rings. The maximum Gasteiger partial charge on any atom is 0.235 e. The molecular formula is C26H28N2O. The van der Waals surface area contributed by atoms with Crippen molar-refractivity contribution < 1.29 is 4.74 Å². The van der Waals surface area contributed by atoms with E-state index in [4.69, 9.17) is 14.7 Å². The molecule has 0 saturated carbocycles. The van der Waals surface area contributed by atoms with E-state index >= 15 is 0 Å². The van der Waals surface area contributed by atoms with Crippen molar-refractivity contribution in [1.29, 1.82) is 0 Å². The highest BCUT2D eigenvalue weighted by Crippen LogP contribution is 2.29. The Hall–Kier alpha value is -2.68. The molecule has 0 saturated heterocycles. The lowest BCUT2D eigenvalue weighted by atomic mass is 9.91. The molecule has 0 spiro atoms. The standard InChI is InChI=1S/C26H28N2O/c1-16(2)23-15-29-26(28-23)22-14-17(3)24-20-10-8-18-4-6-19(7-5-18)9-11-21(13-12-20)25(24)27-22/h4-7,12-14,16,23H,8-11,15H2,1-3H3/t23-/m1/s1. The van der Waals surface area contributed by atoms with Crippen LogP contribution in [0.2, 0.25) is 0 Å². The van der Waals surface area contributed by atoms with Gasteiger partial charge in [-0.15, -0.1) is 0 Å². The zero-order valence-electron chi connectivity index (χ0n) is 17.5. The van der Waals surface area contributed by atoms with Gasteiger partial charge in [0.15, 0.2) is 0 Å². The van der Waals surface area contributed by atoms with Crippen LogP contribution < -0.4 is 0 Å². The lowest BCUT2D eigenvalue weighted by molar-refractivity contribution is 0.291. The van der Waals surface area contributed by atoms with Crippen molar-refractivity contribution in [3.8, 4) is 0 Å². The lowest BCUT2D eigenvalue weighted by Gasteiger charge is -2.16. The zero-order valence-corrected chi connectivity index (χ0v) is 17.5. The third kappa shape index (κ3) is 3.43. The van der Waals surface area contributed by atoms with Crippen LogP contribution >= 0.6 is 0 Å². The Balaban J connectivity index is 1.63. The molecule has 3 heteroatoms. The minimum absolute atomic E-state index is 0.231. The highest BCUT2D eigenvalue weighted by molar-refractivity contribution is 5.98. The summed E-state index contributed by atoms with van der Waals surface area (Å²) in [5.41, 5.74) is 8.78. The van der Waals surface area contributed by atoms with Crippen molar-refractivity contribution in [2.45, 2.75) is 52.5 Å². The number of rotatable bonds is 2. The second-order valence-electron chi connectivity index (χ2n) is 8.80. The maximum atomic E-state index is 5.94. The third-order valence-electron chi connectivity index (χ3n) is 6.38. The Morgan fingerprint density at radius 1 is 0.897 bits per heavy atom. The molecule has 0 amide bonds. The van der Waals surface area contributed by atoms with Crippen LogP contribution in [-0.2, 0) is 30.4 Å². The molecular weight excluding hydrogens is 356 g/mol. The fraction of sp³-hybridized carbons (Fsp3) is 0.385. The third-order valence-corrected chi connectivity index (χ3v) is 6.38. The van der Waals surface area contributed by atoms with Crippen LogP contribution in [0.5, 0.6) is 0 Å². The number of aliphatic imine (C=N–C) groups is 1. The van der Waals surface area contributed by atoms with Gasteiger partial charge >= 0.3 is 0 Å². The van der Waals surface area contributed by atoms with Gasteiger partial charge in [0.25, 0.3) is 0 Å². The van der Waals surface area contributed by atoms with Crippen LogP contribution in [0, 0.1) is 12.8 Å². The second-order valence-corrected chi connectivity index (χ2v) is 8.80. The second kappa shape index (κ2) is 7.29. The largest absolute Gasteiger partial charge is 0.474 e. The number of pyridine rings is 1. The Kier molecular flexibility index (Phi) is 4.61. The summed E-state index contributed by atoms with van der Waals surface area (Å²) in [6.07, 6.45) is 4.12. The van der Waals surface area contributed by atoms with Crippen LogP contribution in [0.4, 0.5) is 0 Å². The van der Waals surface area contributed by atoms with E-state index in [0.717, 1.165) is 36.9 Å². The average molecular weight is 385 g/mol. The SMILES string of the molecule is Cc1cc(C2=N[C@@H](C(C)C)CO2)nc2c3ccc(c12)CCc1ccc(cc1)CC3. The normalized spacial score (nSPS) is 18.6. The summed E-state index contributed by atoms with van der Waals surface area (Å²) >= 11 is 0. The van der Waals surface area contributed by atoms with Crippen LogP contribution in [0.3, 0.4) is 0 Å². The van der Waals surface area contributed by atoms with Gasteiger partial charge in [0.05, 0.1) is 11.6 Å². The van der Waals surface area contributed by atoms with Crippen LogP contribution in [0.15, 0.2) is 47.5 Å². The zero-order chi connectivity index (χ0) is 20.0. The molecule has 29 heavy (non-hydrogen) atoms. The molecule has 1 atom stereocenters. The minimum atomic E-state index is 0.231. The summed E-state index contributed by atoms with van der Waals surface area (Å²) in [6.45, 7) is 7.25. The summed E-state index contributed by atoms with van der Waals surface area (Å²) in [6, 6.07) is 16.1. The first-order valence-electron chi connectivity index (χ1n) is 10.8. The van der Waals surface area contributed by atoms with E-state index < -0.39 is 0 Å². The average Bonchev–Trinajstić information content (AvgIpc) is 3.20. The van der Waals surface area contributed by atoms with E-state index in [0.29, 0.717) is 18.4 Å². The quantitative estimate of drug-likeness (QED) is 0.606. The number of aryl methyl sites for hydroxylation is 5. The summed E-state index contributed by atoms with van der Waals surface area (Å²) < 4.78 is 5.94. The van der Waals surface area contributed by atoms with E-state index in [9.17, 15) is 0 Å². The van der Waals surface area contributed by atoms with Gasteiger partial charge < -0.3 is 4.74 Å². The molecule has 4 bridgehead atoms. The predicted molar refractivity (Wildman–Crippen MR) is 119 cm³/mol. The molecule has 3 nitrogen and oxygen atoms in total. The predicted octanol–water partition coefficient (Wildman–Crippen LogP) is 5.23. The van der Waals surface area contributed by atoms with E-state index in [1.807, 2.05) is 0 Å². The van der Waals surface area contributed by atoms with Crippen molar-refractivity contribution >= 4 is 16.8 Å². The first-order valence-corrected chi connectivity index (χ1v) is 10.8. The Labute approximate surface area is 172 Å². The number of hydrogen-bond acceptors (Lipinski definition) is 3. The number of ether oxygens (including phenoxy) is 1. The van der Waals surface area contributed by atoms with Crippen molar-refractivity contribution in [3.05, 3.63) is 76.0 Å². The van der Waals surface area contributed by atoms with E-state index in [1.54, 1.807) is 0 Å². The van der Waals surface area contributed by atoms with Gasteiger partial charge in [-0.2, -0.15) is 0 Å². The molecule has 0 unspecified atom stereocenters. The van der Waals surface area contributed by atoms with Crippen molar-refractivity contribution in [2.24, 2.45) is 10.9 Å². The molecule has 2 aromatic carbocycles. The molecule has 2 heterocycles. The fourth-order valence-corrected chi connectivity index (χ4v) is 4.50. The summed E-state index contributed by atoms with van der Waals surface area (Å²) in [4.78, 5) is 9.92. The molecule has 1 aromatic heterocycles. The fourth-order valence-electron chi connectivity index (χ4n) is 4.50. The highest BCUT2D eigenvalue weighted by Gasteiger charge is 2.24. The summed E-state index contributed by atoms with van der Waals surface area (Å²) in [5, 5.41) is 1.32. The van der Waals surface area contributed by atoms with Gasteiger partial charge in [0.2, 0.25) is 5.90 Å². The first kappa shape index (κ1) is 18.4. The molecule has 148 valence electrons. The van der Waals surface area contributed by atoms with Gasteiger partial charge in [-0.25, -0.2) is 9.98 Å². The minimum Gasteiger partial charge on any atom is -0.474 e. The molecule has 0 radical (unpaired) electrons. The van der Waals surface area contributed by atoms with E-state index in [1.165, 1.54) is 33.2 Å². The van der Waals surface area contributed by atoms with E-state index in [-0.39, 0.29) is 6.04 Å². The van der Waals surface area contributed by atoms with E-state index in [2.05, 4.69) is 63.2 Å². The van der Waals surface area contributed by atoms with Crippen molar-refractivity contribution in [1.82, 2.24) is 4.98 Å². The molecule has 1 aliphatic heterocycles. The molecule has 5 aliphatic rings. The smallest absolute Gasteiger partial charge is 0.235 e. The Morgan fingerprint density at radius 2 is 1.55 bits per heavy atom. The monoisotopic (exact) mass is 384 g/mol. The Morgan fingerprint density at radius 3 is 2.21 bits per heavy atom. The van der Waals surface area contributed by atoms with Gasteiger partial charge in [0, 0.05) is 5.39 Å². The first-order chi connectivity index (χ1) is 14.1. The lowest BCUT2D eigenvalue weighted by Crippen LogP contribution is -2.13. The molecule has 0 N–H and O–H groups in total. The summed E-state index contributed by atoms with van der Waals surface area (Å²) in [7, 11) is 0. The van der Waals surface area contributed by atoms with Crippen LogP contribution in [0.25, 0.3) is 10.9 Å². The van der Waals surface area contributed by atoms with Crippen LogP contribution in [0.1, 0.15) is 47.4 Å². The van der Waals surface area contributed by atoms with Gasteiger partial charge in [-0.05, 0) is 72.4 Å².